The van der Waals surface area contributed by atoms with Crippen LogP contribution in [0.3, 0.4) is 0 Å². The van der Waals surface area contributed by atoms with Crippen LogP contribution in [-0.2, 0) is 0 Å². The molecule has 0 aliphatic heterocycles. The van der Waals surface area contributed by atoms with Gasteiger partial charge in [0.1, 0.15) is 11.3 Å². The topological polar surface area (TPSA) is 49.6 Å². The molecule has 3 rings (SSSR count). The van der Waals surface area contributed by atoms with Crippen molar-refractivity contribution in [2.45, 2.75) is 13.8 Å². The monoisotopic (exact) mass is 457 g/mol. The Morgan fingerprint density at radius 2 is 1.96 bits per heavy atom. The van der Waals surface area contributed by atoms with Crippen LogP contribution in [0.2, 0.25) is 0 Å². The maximum atomic E-state index is 14.0. The van der Waals surface area contributed by atoms with Crippen molar-refractivity contribution in [2.24, 2.45) is 0 Å². The number of carbonyl (C=O) groups excluding carboxylic acids is 1. The first-order chi connectivity index (χ1) is 12.9. The van der Waals surface area contributed by atoms with Crippen LogP contribution < -0.4 is 4.90 Å². The molecule has 0 atom stereocenters. The second kappa shape index (κ2) is 8.45. The summed E-state index contributed by atoms with van der Waals surface area (Å²) in [5.74, 6) is -1.66. The molecule has 5 nitrogen and oxygen atoms in total. The third kappa shape index (κ3) is 4.36. The zero-order valence-corrected chi connectivity index (χ0v) is 17.2. The largest absolute Gasteiger partial charge is 0.444 e. The minimum absolute atomic E-state index is 0.0534. The Morgan fingerprint density at radius 1 is 1.22 bits per heavy atom. The Balaban J connectivity index is 1.98. The first-order valence-corrected chi connectivity index (χ1v) is 10.1. The highest BCUT2D eigenvalue weighted by Crippen LogP contribution is 2.32. The SMILES string of the molecule is CCN(CC)CCN(C(=O)c1ccc(Br)o1)c1nc2c(F)cc(F)cc2s1. The summed E-state index contributed by atoms with van der Waals surface area (Å²) >= 11 is 4.26. The highest BCUT2D eigenvalue weighted by atomic mass is 79.9. The van der Waals surface area contributed by atoms with Crippen LogP contribution in [-0.4, -0.2) is 42.0 Å². The van der Waals surface area contributed by atoms with Gasteiger partial charge in [-0.3, -0.25) is 9.69 Å². The van der Waals surface area contributed by atoms with E-state index in [-0.39, 0.29) is 17.2 Å². The molecule has 0 saturated carbocycles. The molecule has 0 unspecified atom stereocenters. The zero-order valence-electron chi connectivity index (χ0n) is 14.8. The van der Waals surface area contributed by atoms with Gasteiger partial charge in [-0.2, -0.15) is 0 Å². The van der Waals surface area contributed by atoms with Gasteiger partial charge in [0, 0.05) is 19.2 Å². The van der Waals surface area contributed by atoms with Gasteiger partial charge >= 0.3 is 0 Å². The Labute approximate surface area is 167 Å². The summed E-state index contributed by atoms with van der Waals surface area (Å²) in [7, 11) is 0. The van der Waals surface area contributed by atoms with Crippen LogP contribution in [0.25, 0.3) is 10.2 Å². The average Bonchev–Trinajstić information content (AvgIpc) is 3.25. The Hall–Kier alpha value is -1.84. The van der Waals surface area contributed by atoms with Crippen LogP contribution in [0.5, 0.6) is 0 Å². The fourth-order valence-corrected chi connectivity index (χ4v) is 4.02. The average molecular weight is 458 g/mol. The molecule has 0 spiro atoms. The van der Waals surface area contributed by atoms with Crippen molar-refractivity contribution in [3.8, 4) is 0 Å². The normalized spacial score (nSPS) is 11.5. The van der Waals surface area contributed by atoms with Crippen LogP contribution >= 0.6 is 27.3 Å². The van der Waals surface area contributed by atoms with E-state index in [4.69, 9.17) is 4.42 Å². The number of benzene rings is 1. The van der Waals surface area contributed by atoms with Crippen molar-refractivity contribution in [1.82, 2.24) is 9.88 Å². The molecule has 27 heavy (non-hydrogen) atoms. The minimum atomic E-state index is -0.746. The molecule has 2 aromatic heterocycles. The molecule has 144 valence electrons. The van der Waals surface area contributed by atoms with Crippen LogP contribution in [0.15, 0.2) is 33.4 Å². The number of likely N-dealkylation sites (N-methyl/N-ethyl adjacent to an activating group) is 1. The van der Waals surface area contributed by atoms with Gasteiger partial charge in [-0.1, -0.05) is 25.2 Å². The lowest BCUT2D eigenvalue weighted by molar-refractivity contribution is 0.0956. The van der Waals surface area contributed by atoms with E-state index < -0.39 is 11.6 Å². The number of fused-ring (bicyclic) bond motifs is 1. The lowest BCUT2D eigenvalue weighted by Crippen LogP contribution is -2.38. The molecule has 0 aliphatic rings. The third-order valence-electron chi connectivity index (χ3n) is 4.20. The van der Waals surface area contributed by atoms with Crippen LogP contribution in [0, 0.1) is 11.6 Å². The van der Waals surface area contributed by atoms with Crippen molar-refractivity contribution in [3.05, 3.63) is 46.3 Å². The van der Waals surface area contributed by atoms with Gasteiger partial charge in [-0.05, 0) is 47.2 Å². The Morgan fingerprint density at radius 3 is 2.59 bits per heavy atom. The predicted octanol–water partition coefficient (Wildman–Crippen LogP) is 4.92. The van der Waals surface area contributed by atoms with E-state index in [1.807, 2.05) is 13.8 Å². The minimum Gasteiger partial charge on any atom is -0.444 e. The molecule has 0 bridgehead atoms. The van der Waals surface area contributed by atoms with Gasteiger partial charge < -0.3 is 9.32 Å². The number of carbonyl (C=O) groups is 1. The van der Waals surface area contributed by atoms with Gasteiger partial charge in [0.2, 0.25) is 0 Å². The molecule has 0 N–H and O–H groups in total. The number of hydrogen-bond acceptors (Lipinski definition) is 5. The Kier molecular flexibility index (Phi) is 6.23. The predicted molar refractivity (Wildman–Crippen MR) is 105 cm³/mol. The number of hydrogen-bond donors (Lipinski definition) is 0. The van der Waals surface area contributed by atoms with Gasteiger partial charge in [-0.25, -0.2) is 13.8 Å². The second-order valence-corrected chi connectivity index (χ2v) is 7.61. The smallest absolute Gasteiger partial charge is 0.295 e. The third-order valence-corrected chi connectivity index (χ3v) is 5.65. The number of halogens is 3. The molecular formula is C18H18BrF2N3O2S. The van der Waals surface area contributed by atoms with Crippen molar-refractivity contribution in [3.63, 3.8) is 0 Å². The number of nitrogens with zero attached hydrogens (tertiary/aromatic N) is 3. The van der Waals surface area contributed by atoms with Gasteiger partial charge in [0.25, 0.3) is 5.91 Å². The van der Waals surface area contributed by atoms with E-state index in [9.17, 15) is 13.6 Å². The Bertz CT molecular complexity index is 955. The number of aromatic nitrogens is 1. The van der Waals surface area contributed by atoms with Crippen molar-refractivity contribution >= 4 is 48.5 Å². The summed E-state index contributed by atoms with van der Waals surface area (Å²) in [6.07, 6.45) is 0. The molecule has 0 fully saturated rings. The fraction of sp³-hybridized carbons (Fsp3) is 0.333. The molecule has 9 heteroatoms. The molecule has 2 heterocycles. The van der Waals surface area contributed by atoms with E-state index in [1.165, 1.54) is 11.0 Å². The number of anilines is 1. The number of rotatable bonds is 7. The molecular weight excluding hydrogens is 440 g/mol. The van der Waals surface area contributed by atoms with E-state index in [1.54, 1.807) is 12.1 Å². The van der Waals surface area contributed by atoms with E-state index in [2.05, 4.69) is 25.8 Å². The summed E-state index contributed by atoms with van der Waals surface area (Å²) in [6.45, 7) is 6.72. The summed E-state index contributed by atoms with van der Waals surface area (Å²) in [5, 5.41) is 0.305. The molecule has 0 radical (unpaired) electrons. The van der Waals surface area contributed by atoms with Crippen LogP contribution in [0.4, 0.5) is 13.9 Å². The molecule has 0 aliphatic carbocycles. The first kappa shape index (κ1) is 19.9. The van der Waals surface area contributed by atoms with Crippen LogP contribution in [0.1, 0.15) is 24.4 Å². The van der Waals surface area contributed by atoms with Gasteiger partial charge in [0.05, 0.1) is 4.70 Å². The van der Waals surface area contributed by atoms with E-state index >= 15 is 0 Å². The second-order valence-electron chi connectivity index (χ2n) is 5.82. The van der Waals surface area contributed by atoms with Gasteiger partial charge in [0.15, 0.2) is 21.4 Å². The molecule has 3 aromatic rings. The van der Waals surface area contributed by atoms with Crippen molar-refractivity contribution in [1.29, 1.82) is 0 Å². The highest BCUT2D eigenvalue weighted by molar-refractivity contribution is 9.10. The molecule has 1 aromatic carbocycles. The maximum absolute atomic E-state index is 14.0. The quantitative estimate of drug-likeness (QED) is 0.505. The van der Waals surface area contributed by atoms with E-state index in [0.29, 0.717) is 27.6 Å². The number of furan rings is 1. The number of thiazole rings is 1. The van der Waals surface area contributed by atoms with Gasteiger partial charge in [-0.15, -0.1) is 0 Å². The van der Waals surface area contributed by atoms with E-state index in [0.717, 1.165) is 30.5 Å². The number of amides is 1. The lowest BCUT2D eigenvalue weighted by Gasteiger charge is -2.24. The fourth-order valence-electron chi connectivity index (χ4n) is 2.69. The maximum Gasteiger partial charge on any atom is 0.295 e. The van der Waals surface area contributed by atoms with Crippen molar-refractivity contribution in [2.75, 3.05) is 31.1 Å². The highest BCUT2D eigenvalue weighted by Gasteiger charge is 2.25. The zero-order chi connectivity index (χ0) is 19.6. The summed E-state index contributed by atoms with van der Waals surface area (Å²) in [4.78, 5) is 20.8. The standard InChI is InChI=1S/C18H18BrF2N3O2S/c1-3-23(4-2)7-8-24(17(25)13-5-6-15(19)26-13)18-22-16-12(21)9-11(20)10-14(16)27-18/h5-6,9-10H,3-4,7-8H2,1-2H3. The summed E-state index contributed by atoms with van der Waals surface area (Å²) in [6, 6.07) is 5.20. The summed E-state index contributed by atoms with van der Waals surface area (Å²) < 4.78 is 33.7. The first-order valence-electron chi connectivity index (χ1n) is 8.48. The van der Waals surface area contributed by atoms with Crippen molar-refractivity contribution < 1.29 is 18.0 Å². The molecule has 0 saturated heterocycles. The summed E-state index contributed by atoms with van der Waals surface area (Å²) in [5.41, 5.74) is 0.0534. The lowest BCUT2D eigenvalue weighted by atomic mass is 10.3. The molecule has 1 amide bonds.